The highest BCUT2D eigenvalue weighted by Crippen LogP contribution is 2.27. The van der Waals surface area contributed by atoms with E-state index in [1.807, 2.05) is 6.92 Å². The largest absolute Gasteiger partial charge is 0.479 e. The van der Waals surface area contributed by atoms with Gasteiger partial charge in [0.05, 0.1) is 0 Å². The molecule has 0 aliphatic carbocycles. The van der Waals surface area contributed by atoms with Crippen molar-refractivity contribution in [2.24, 2.45) is 0 Å². The lowest BCUT2D eigenvalue weighted by Gasteiger charge is -2.16. The van der Waals surface area contributed by atoms with Crippen molar-refractivity contribution in [2.75, 3.05) is 0 Å². The molecule has 18 heavy (non-hydrogen) atoms. The van der Waals surface area contributed by atoms with Crippen LogP contribution in [0.25, 0.3) is 0 Å². The second-order valence-corrected chi connectivity index (χ2v) is 3.98. The Balaban J connectivity index is 2.67. The zero-order chi connectivity index (χ0) is 13.4. The van der Waals surface area contributed by atoms with Gasteiger partial charge in [-0.25, -0.2) is 10.1 Å². The molecule has 0 aromatic heterocycles. The van der Waals surface area contributed by atoms with E-state index in [2.05, 4.69) is 4.89 Å². The molecule has 1 aromatic rings. The normalized spacial score (nSPS) is 11.9. The Bertz CT molecular complexity index is 377. The Morgan fingerprint density at radius 1 is 1.28 bits per heavy atom. The van der Waals surface area contributed by atoms with Gasteiger partial charge >= 0.3 is 5.97 Å². The topological polar surface area (TPSA) is 76.0 Å². The molecule has 1 unspecified atom stereocenters. The molecule has 1 aromatic carbocycles. The van der Waals surface area contributed by atoms with Crippen molar-refractivity contribution in [3.8, 4) is 11.5 Å². The second-order valence-electron chi connectivity index (χ2n) is 3.98. The fraction of sp³-hybridized carbons (Fsp3) is 0.462. The molecule has 2 N–H and O–H groups in total. The Hall–Kier alpha value is -1.75. The van der Waals surface area contributed by atoms with Crippen LogP contribution in [0.4, 0.5) is 0 Å². The number of carboxylic acid groups (broad SMARTS) is 1. The highest BCUT2D eigenvalue weighted by Gasteiger charge is 2.20. The Kier molecular flexibility index (Phi) is 6.00. The zero-order valence-corrected chi connectivity index (χ0v) is 10.3. The number of hydrogen-bond donors (Lipinski definition) is 2. The van der Waals surface area contributed by atoms with E-state index < -0.39 is 12.1 Å². The van der Waals surface area contributed by atoms with Crippen LogP contribution in [-0.2, 0) is 4.79 Å². The smallest absolute Gasteiger partial charge is 0.344 e. The number of aliphatic carboxylic acids is 1. The number of benzene rings is 1. The van der Waals surface area contributed by atoms with Crippen molar-refractivity contribution in [3.63, 3.8) is 0 Å². The van der Waals surface area contributed by atoms with Crippen LogP contribution in [0.15, 0.2) is 24.3 Å². The number of hydrogen-bond acceptors (Lipinski definition) is 4. The van der Waals surface area contributed by atoms with E-state index in [4.69, 9.17) is 15.1 Å². The average Bonchev–Trinajstić information content (AvgIpc) is 2.38. The van der Waals surface area contributed by atoms with Crippen LogP contribution >= 0.6 is 0 Å². The summed E-state index contributed by atoms with van der Waals surface area (Å²) in [5.41, 5.74) is 0. The molecule has 0 saturated heterocycles. The minimum atomic E-state index is -1.01. The maximum absolute atomic E-state index is 11.1. The zero-order valence-electron chi connectivity index (χ0n) is 10.3. The third kappa shape index (κ3) is 4.25. The maximum Gasteiger partial charge on any atom is 0.344 e. The van der Waals surface area contributed by atoms with E-state index in [0.717, 1.165) is 19.3 Å². The molecular weight excluding hydrogens is 236 g/mol. The van der Waals surface area contributed by atoms with E-state index in [9.17, 15) is 4.79 Å². The second kappa shape index (κ2) is 7.55. The number of carbonyl (C=O) groups is 1. The Morgan fingerprint density at radius 3 is 2.50 bits per heavy atom. The summed E-state index contributed by atoms with van der Waals surface area (Å²) in [5.74, 6) is -0.679. The summed E-state index contributed by atoms with van der Waals surface area (Å²) in [4.78, 5) is 15.2. The first-order valence-electron chi connectivity index (χ1n) is 5.99. The molecule has 0 saturated carbocycles. The quantitative estimate of drug-likeness (QED) is 0.424. The molecular formula is C13H18O5. The first-order valence-corrected chi connectivity index (χ1v) is 5.99. The van der Waals surface area contributed by atoms with E-state index in [1.54, 1.807) is 18.2 Å². The molecule has 5 heteroatoms. The van der Waals surface area contributed by atoms with Crippen molar-refractivity contribution < 1.29 is 24.8 Å². The van der Waals surface area contributed by atoms with Gasteiger partial charge in [0.15, 0.2) is 11.9 Å². The van der Waals surface area contributed by atoms with Crippen LogP contribution in [0.2, 0.25) is 0 Å². The lowest BCUT2D eigenvalue weighted by Crippen LogP contribution is -2.27. The number of para-hydroxylation sites is 2. The molecule has 1 atom stereocenters. The molecule has 1 rings (SSSR count). The molecule has 0 aliphatic heterocycles. The first-order chi connectivity index (χ1) is 8.69. The molecule has 0 aliphatic rings. The lowest BCUT2D eigenvalue weighted by atomic mass is 10.1. The average molecular weight is 254 g/mol. The van der Waals surface area contributed by atoms with Crippen molar-refractivity contribution in [2.45, 2.75) is 38.7 Å². The monoisotopic (exact) mass is 254 g/mol. The first kappa shape index (κ1) is 14.3. The van der Waals surface area contributed by atoms with Crippen LogP contribution in [0.3, 0.4) is 0 Å². The summed E-state index contributed by atoms with van der Waals surface area (Å²) < 4.78 is 5.36. The van der Waals surface area contributed by atoms with Gasteiger partial charge in [0.2, 0.25) is 5.75 Å². The summed E-state index contributed by atoms with van der Waals surface area (Å²) in [6.45, 7) is 2.05. The fourth-order valence-electron chi connectivity index (χ4n) is 1.59. The number of ether oxygens (including phenoxy) is 1. The lowest BCUT2D eigenvalue weighted by molar-refractivity contribution is -0.148. The molecule has 100 valence electrons. The van der Waals surface area contributed by atoms with E-state index >= 15 is 0 Å². The minimum Gasteiger partial charge on any atom is -0.479 e. The standard InChI is InChI=1S/C13H18O5/c1-2-3-4-9-12(13(14)15)17-10-7-5-6-8-11(10)18-16/h5-8,12,16H,2-4,9H2,1H3,(H,14,15). The number of unbranched alkanes of at least 4 members (excludes halogenated alkanes) is 2. The summed E-state index contributed by atoms with van der Waals surface area (Å²) in [5, 5.41) is 17.7. The molecule has 0 spiro atoms. The van der Waals surface area contributed by atoms with Gasteiger partial charge in [0, 0.05) is 0 Å². The van der Waals surface area contributed by atoms with Gasteiger partial charge in [0.25, 0.3) is 0 Å². The minimum absolute atomic E-state index is 0.110. The van der Waals surface area contributed by atoms with Gasteiger partial charge < -0.3 is 14.7 Å². The fourth-order valence-corrected chi connectivity index (χ4v) is 1.59. The molecule has 0 radical (unpaired) electrons. The maximum atomic E-state index is 11.1. The predicted octanol–water partition coefficient (Wildman–Crippen LogP) is 2.95. The summed E-state index contributed by atoms with van der Waals surface area (Å²) in [6.07, 6.45) is 2.28. The summed E-state index contributed by atoms with van der Waals surface area (Å²) in [6, 6.07) is 6.40. The molecule has 0 fully saturated rings. The molecule has 0 heterocycles. The van der Waals surface area contributed by atoms with Crippen LogP contribution < -0.4 is 9.62 Å². The highest BCUT2D eigenvalue weighted by molar-refractivity contribution is 5.72. The van der Waals surface area contributed by atoms with Gasteiger partial charge in [-0.1, -0.05) is 31.9 Å². The number of carboxylic acids is 1. The van der Waals surface area contributed by atoms with Gasteiger partial charge in [-0.3, -0.25) is 0 Å². The highest BCUT2D eigenvalue weighted by atomic mass is 17.1. The van der Waals surface area contributed by atoms with Crippen LogP contribution in [0, 0.1) is 0 Å². The molecule has 0 amide bonds. The van der Waals surface area contributed by atoms with Gasteiger partial charge in [0.1, 0.15) is 0 Å². The predicted molar refractivity (Wildman–Crippen MR) is 65.9 cm³/mol. The van der Waals surface area contributed by atoms with Crippen molar-refractivity contribution in [3.05, 3.63) is 24.3 Å². The van der Waals surface area contributed by atoms with Gasteiger partial charge in [-0.15, -0.1) is 0 Å². The van der Waals surface area contributed by atoms with E-state index in [-0.39, 0.29) is 11.5 Å². The van der Waals surface area contributed by atoms with Crippen molar-refractivity contribution in [1.82, 2.24) is 0 Å². The van der Waals surface area contributed by atoms with E-state index in [0.29, 0.717) is 6.42 Å². The summed E-state index contributed by atoms with van der Waals surface area (Å²) >= 11 is 0. The third-order valence-corrected chi connectivity index (χ3v) is 2.56. The Morgan fingerprint density at radius 2 is 1.94 bits per heavy atom. The summed E-state index contributed by atoms with van der Waals surface area (Å²) in [7, 11) is 0. The SMILES string of the molecule is CCCCCC(Oc1ccccc1OO)C(=O)O. The van der Waals surface area contributed by atoms with E-state index in [1.165, 1.54) is 6.07 Å². The van der Waals surface area contributed by atoms with Gasteiger partial charge in [-0.05, 0) is 25.0 Å². The number of rotatable bonds is 8. The van der Waals surface area contributed by atoms with Gasteiger partial charge in [-0.2, -0.15) is 0 Å². The van der Waals surface area contributed by atoms with Crippen LogP contribution in [-0.4, -0.2) is 22.4 Å². The van der Waals surface area contributed by atoms with Crippen molar-refractivity contribution >= 4 is 5.97 Å². The van der Waals surface area contributed by atoms with Crippen LogP contribution in [0.1, 0.15) is 32.6 Å². The molecule has 5 nitrogen and oxygen atoms in total. The van der Waals surface area contributed by atoms with Crippen LogP contribution in [0.5, 0.6) is 11.5 Å². The third-order valence-electron chi connectivity index (χ3n) is 2.56. The Labute approximate surface area is 106 Å². The van der Waals surface area contributed by atoms with Crippen molar-refractivity contribution in [1.29, 1.82) is 0 Å². The molecule has 0 bridgehead atoms.